The summed E-state index contributed by atoms with van der Waals surface area (Å²) in [7, 11) is -7.81. The van der Waals surface area contributed by atoms with Crippen molar-refractivity contribution in [3.63, 3.8) is 0 Å². The molecule has 231 valence electrons. The van der Waals surface area contributed by atoms with Gasteiger partial charge in [-0.05, 0) is 84.6 Å². The Morgan fingerprint density at radius 2 is 1.39 bits per heavy atom. The number of nitrogens with zero attached hydrogens (tertiary/aromatic N) is 4. The van der Waals surface area contributed by atoms with Crippen molar-refractivity contribution in [3.05, 3.63) is 96.6 Å². The second kappa shape index (κ2) is 14.0. The van der Waals surface area contributed by atoms with Crippen LogP contribution in [0.5, 0.6) is 11.5 Å². The fraction of sp³-hybridized carbons (Fsp3) is 0.0667. The Morgan fingerprint density at radius 1 is 0.717 bits per heavy atom. The summed E-state index contributed by atoms with van der Waals surface area (Å²) in [5.74, 6) is -0.318. The van der Waals surface area contributed by atoms with Crippen molar-refractivity contribution in [1.29, 1.82) is 0 Å². The topological polar surface area (TPSA) is 200 Å². The third-order valence-corrected chi connectivity index (χ3v) is 8.29. The van der Waals surface area contributed by atoms with E-state index in [4.69, 9.17) is 9.29 Å². The van der Waals surface area contributed by atoms with E-state index in [0.717, 1.165) is 5.69 Å². The molecule has 4 N–H and O–H groups in total. The number of azo groups is 2. The zero-order valence-corrected chi connectivity index (χ0v) is 28.3. The Bertz CT molecular complexity index is 2200. The van der Waals surface area contributed by atoms with Crippen LogP contribution < -0.4 is 10.1 Å². The first-order valence-corrected chi connectivity index (χ1v) is 15.9. The van der Waals surface area contributed by atoms with E-state index in [2.05, 4.69) is 25.8 Å². The molecule has 1 radical (unpaired) electrons. The maximum absolute atomic E-state index is 12.4. The third kappa shape index (κ3) is 7.94. The molecule has 0 aliphatic rings. The van der Waals surface area contributed by atoms with Crippen LogP contribution in [0.15, 0.2) is 121 Å². The predicted molar refractivity (Wildman–Crippen MR) is 173 cm³/mol. The normalized spacial score (nSPS) is 12.0. The molecule has 5 aromatic rings. The fourth-order valence-electron chi connectivity index (χ4n) is 4.32. The number of nitrogens with one attached hydrogen (secondary N) is 1. The number of hydrogen-bond donors (Lipinski definition) is 4. The molecule has 13 nitrogen and oxygen atoms in total. The number of aryl methyl sites for hydroxylation is 1. The van der Waals surface area contributed by atoms with Crippen LogP contribution in [0.3, 0.4) is 0 Å². The summed E-state index contributed by atoms with van der Waals surface area (Å²) in [6.45, 7) is 1.70. The molecule has 0 saturated carbocycles. The van der Waals surface area contributed by atoms with Crippen LogP contribution in [0.2, 0.25) is 0 Å². The number of rotatable bonds is 9. The first kappa shape index (κ1) is 34.6. The van der Waals surface area contributed by atoms with Crippen molar-refractivity contribution in [1.82, 2.24) is 0 Å². The largest absolute Gasteiger partial charge is 0.505 e. The van der Waals surface area contributed by atoms with E-state index in [0.29, 0.717) is 28.0 Å². The van der Waals surface area contributed by atoms with Crippen molar-refractivity contribution in [2.24, 2.45) is 20.5 Å². The molecule has 5 aromatic carbocycles. The molecule has 0 aliphatic heterocycles. The van der Waals surface area contributed by atoms with E-state index in [1.807, 2.05) is 30.3 Å². The quantitative estimate of drug-likeness (QED) is 0.0694. The summed E-state index contributed by atoms with van der Waals surface area (Å²) >= 11 is 0. The minimum atomic E-state index is -4.84. The van der Waals surface area contributed by atoms with E-state index in [1.54, 1.807) is 31.2 Å². The van der Waals surface area contributed by atoms with Gasteiger partial charge >= 0.3 is 0 Å². The number of hydrogen-bond acceptors (Lipinski definition) is 11. The van der Waals surface area contributed by atoms with Gasteiger partial charge < -0.3 is 15.2 Å². The summed E-state index contributed by atoms with van der Waals surface area (Å²) in [6.07, 6.45) is 0. The molecule has 0 spiro atoms. The second-order valence-electron chi connectivity index (χ2n) is 9.65. The number of para-hydroxylation sites is 1. The van der Waals surface area contributed by atoms with E-state index in [9.17, 15) is 26.5 Å². The van der Waals surface area contributed by atoms with Crippen LogP contribution in [0.25, 0.3) is 10.8 Å². The van der Waals surface area contributed by atoms with Crippen molar-refractivity contribution in [2.45, 2.75) is 16.7 Å². The summed E-state index contributed by atoms with van der Waals surface area (Å²) in [6, 6.07) is 23.6. The van der Waals surface area contributed by atoms with Gasteiger partial charge in [0.15, 0.2) is 5.75 Å². The minimum absolute atomic E-state index is 0. The SMILES string of the molecule is COc1cc(N=Nc2ccc(S(=O)(=O)O)cc2)c(C)cc1N=Nc1c(S(=O)(=O)O)cc2cc(Nc3ccccc3)ccc2c1O.[Na]. The first-order valence-electron chi connectivity index (χ1n) is 13.0. The predicted octanol–water partition coefficient (Wildman–Crippen LogP) is 7.55. The van der Waals surface area contributed by atoms with Crippen molar-refractivity contribution >= 4 is 94.7 Å². The van der Waals surface area contributed by atoms with Crippen molar-refractivity contribution in [3.8, 4) is 11.5 Å². The van der Waals surface area contributed by atoms with Gasteiger partial charge in [0.05, 0.1) is 23.4 Å². The van der Waals surface area contributed by atoms with Gasteiger partial charge in [-0.25, -0.2) is 0 Å². The zero-order valence-electron chi connectivity index (χ0n) is 24.6. The van der Waals surface area contributed by atoms with E-state index in [1.165, 1.54) is 43.5 Å². The Kier molecular flexibility index (Phi) is 10.6. The Morgan fingerprint density at radius 3 is 2.02 bits per heavy atom. The number of aromatic hydroxyl groups is 1. The van der Waals surface area contributed by atoms with Gasteiger partial charge in [0.1, 0.15) is 22.0 Å². The van der Waals surface area contributed by atoms with Crippen molar-refractivity contribution in [2.75, 3.05) is 12.4 Å². The van der Waals surface area contributed by atoms with E-state index < -0.39 is 36.6 Å². The summed E-state index contributed by atoms with van der Waals surface area (Å²) in [5, 5.41) is 31.2. The summed E-state index contributed by atoms with van der Waals surface area (Å²) in [4.78, 5) is -0.928. The van der Waals surface area contributed by atoms with Gasteiger partial charge in [-0.3, -0.25) is 9.11 Å². The maximum atomic E-state index is 12.4. The molecule has 5 rings (SSSR count). The van der Waals surface area contributed by atoms with Crippen LogP contribution in [0.1, 0.15) is 5.56 Å². The van der Waals surface area contributed by atoms with Crippen LogP contribution >= 0.6 is 0 Å². The molecule has 0 bridgehead atoms. The number of methoxy groups -OCH3 is 1. The molecule has 0 amide bonds. The molecule has 0 unspecified atom stereocenters. The molecule has 0 fully saturated rings. The fourth-order valence-corrected chi connectivity index (χ4v) is 5.46. The van der Waals surface area contributed by atoms with Crippen LogP contribution in [-0.4, -0.2) is 67.7 Å². The van der Waals surface area contributed by atoms with Gasteiger partial charge in [-0.2, -0.15) is 27.1 Å². The molecule has 46 heavy (non-hydrogen) atoms. The Balaban J connectivity index is 0.00000480. The Hall–Kier alpha value is -4.22. The zero-order chi connectivity index (χ0) is 32.4. The van der Waals surface area contributed by atoms with Gasteiger partial charge in [-0.1, -0.05) is 18.2 Å². The van der Waals surface area contributed by atoms with Gasteiger partial charge in [0.25, 0.3) is 20.2 Å². The first-order chi connectivity index (χ1) is 21.3. The van der Waals surface area contributed by atoms with Gasteiger partial charge in [0, 0.05) is 52.4 Å². The number of phenolic OH excluding ortho intramolecular Hbond substituents is 1. The average Bonchev–Trinajstić information content (AvgIpc) is 2.99. The van der Waals surface area contributed by atoms with Gasteiger partial charge in [0.2, 0.25) is 0 Å². The molecule has 0 heterocycles. The van der Waals surface area contributed by atoms with Crippen molar-refractivity contribution < 1.29 is 35.8 Å². The van der Waals surface area contributed by atoms with Gasteiger partial charge in [-0.15, -0.1) is 10.2 Å². The molecule has 0 saturated heterocycles. The third-order valence-electron chi connectivity index (χ3n) is 6.55. The van der Waals surface area contributed by atoms with E-state index >= 15 is 0 Å². The molecular formula is C30H25N5NaO8S2. The van der Waals surface area contributed by atoms with Crippen LogP contribution in [0, 0.1) is 6.92 Å². The molecule has 0 aliphatic carbocycles. The summed E-state index contributed by atoms with van der Waals surface area (Å²) in [5.41, 5.74) is 2.37. The molecular weight excluding hydrogens is 645 g/mol. The maximum Gasteiger partial charge on any atom is 0.296 e. The summed E-state index contributed by atoms with van der Waals surface area (Å²) < 4.78 is 71.7. The smallest absolute Gasteiger partial charge is 0.296 e. The number of phenols is 1. The molecule has 0 atom stereocenters. The number of ether oxygens (including phenoxy) is 1. The average molecular weight is 671 g/mol. The Labute approximate surface area is 286 Å². The van der Waals surface area contributed by atoms with Crippen LogP contribution in [0.4, 0.5) is 34.1 Å². The minimum Gasteiger partial charge on any atom is -0.505 e. The standard InChI is InChI=1S/C30H25N5O8S2.Na/c1-18-14-26(27(43-2)17-25(18)33-32-21-8-11-23(12-9-21)44(37,38)39)34-35-29-28(45(40,41)42)16-19-15-22(10-13-24(19)30(29)36)31-20-6-4-3-5-7-20;/h3-17,31,36H,1-2H3,(H,37,38,39)(H,40,41,42);. The van der Waals surface area contributed by atoms with Crippen LogP contribution in [-0.2, 0) is 20.2 Å². The number of fused-ring (bicyclic) bond motifs is 1. The second-order valence-corrected chi connectivity index (χ2v) is 12.5. The number of benzene rings is 5. The molecule has 16 heteroatoms. The number of anilines is 2. The monoisotopic (exact) mass is 670 g/mol. The van der Waals surface area contributed by atoms with E-state index in [-0.39, 0.29) is 51.3 Å². The molecule has 0 aromatic heterocycles.